The Balaban J connectivity index is 2.12. The van der Waals surface area contributed by atoms with Gasteiger partial charge in [0.25, 0.3) is 0 Å². The molecule has 0 atom stereocenters. The van der Waals surface area contributed by atoms with Crippen LogP contribution >= 0.6 is 11.6 Å². The third-order valence-corrected chi connectivity index (χ3v) is 2.47. The van der Waals surface area contributed by atoms with E-state index in [-0.39, 0.29) is 0 Å². The fourth-order valence-corrected chi connectivity index (χ4v) is 1.41. The minimum atomic E-state index is 0.485. The maximum atomic E-state index is 5.98. The van der Waals surface area contributed by atoms with Crippen LogP contribution in [0.5, 0.6) is 5.88 Å². The quantitative estimate of drug-likeness (QED) is 0.719. The topological polar surface area (TPSA) is 34.5 Å². The molecule has 0 radical (unpaired) electrons. The van der Waals surface area contributed by atoms with E-state index >= 15 is 0 Å². The molecule has 14 heavy (non-hydrogen) atoms. The monoisotopic (exact) mass is 210 g/mol. The normalized spacial score (nSPS) is 16.9. The maximum Gasteiger partial charge on any atom is 0.213 e. The second kappa shape index (κ2) is 3.96. The van der Waals surface area contributed by atoms with Crippen molar-refractivity contribution in [1.82, 2.24) is 4.98 Å². The number of aromatic nitrogens is 1. The van der Waals surface area contributed by atoms with E-state index in [2.05, 4.69) is 9.98 Å². The third-order valence-electron chi connectivity index (χ3n) is 2.08. The molecule has 1 fully saturated rings. The van der Waals surface area contributed by atoms with Crippen molar-refractivity contribution in [1.29, 1.82) is 0 Å². The molecule has 0 saturated heterocycles. The summed E-state index contributed by atoms with van der Waals surface area (Å²) < 4.78 is 4.94. The lowest BCUT2D eigenvalue weighted by Crippen LogP contribution is -1.89. The summed E-state index contributed by atoms with van der Waals surface area (Å²) in [5.41, 5.74) is 0.780. The summed E-state index contributed by atoms with van der Waals surface area (Å²) in [6, 6.07) is 3.62. The van der Waals surface area contributed by atoms with Gasteiger partial charge >= 0.3 is 0 Å². The number of methoxy groups -OCH3 is 1. The Kier molecular flexibility index (Phi) is 2.68. The van der Waals surface area contributed by atoms with E-state index in [4.69, 9.17) is 16.3 Å². The highest BCUT2D eigenvalue weighted by molar-refractivity contribution is 6.66. The van der Waals surface area contributed by atoms with Crippen LogP contribution in [0.25, 0.3) is 0 Å². The van der Waals surface area contributed by atoms with E-state index in [1.165, 1.54) is 0 Å². The SMILES string of the molecule is COc1ccc(N=C(Cl)C2CC2)cn1. The minimum Gasteiger partial charge on any atom is -0.481 e. The molecule has 0 bridgehead atoms. The Morgan fingerprint density at radius 3 is 2.86 bits per heavy atom. The highest BCUT2D eigenvalue weighted by Crippen LogP contribution is 2.33. The lowest BCUT2D eigenvalue weighted by Gasteiger charge is -1.98. The molecule has 0 aromatic carbocycles. The van der Waals surface area contributed by atoms with Gasteiger partial charge in [0.2, 0.25) is 5.88 Å². The van der Waals surface area contributed by atoms with Crippen LogP contribution in [0.4, 0.5) is 5.69 Å². The van der Waals surface area contributed by atoms with Crippen LogP contribution in [0.1, 0.15) is 12.8 Å². The number of hydrogen-bond donors (Lipinski definition) is 0. The predicted molar refractivity (Wildman–Crippen MR) is 56.5 cm³/mol. The van der Waals surface area contributed by atoms with Gasteiger partial charge in [0, 0.05) is 12.0 Å². The van der Waals surface area contributed by atoms with Crippen LogP contribution < -0.4 is 4.74 Å². The summed E-state index contributed by atoms with van der Waals surface area (Å²) in [7, 11) is 1.59. The number of rotatable bonds is 3. The van der Waals surface area contributed by atoms with Gasteiger partial charge in [-0.05, 0) is 18.9 Å². The van der Waals surface area contributed by atoms with Crippen molar-refractivity contribution < 1.29 is 4.74 Å². The molecule has 1 aromatic heterocycles. The fourth-order valence-electron chi connectivity index (χ4n) is 1.10. The average Bonchev–Trinajstić information content (AvgIpc) is 3.02. The smallest absolute Gasteiger partial charge is 0.213 e. The Bertz CT molecular complexity index is 344. The molecule has 1 heterocycles. The number of nitrogens with zero attached hydrogens (tertiary/aromatic N) is 2. The van der Waals surface area contributed by atoms with Gasteiger partial charge in [-0.25, -0.2) is 9.98 Å². The van der Waals surface area contributed by atoms with Gasteiger partial charge in [-0.15, -0.1) is 0 Å². The summed E-state index contributed by atoms with van der Waals surface area (Å²) in [5.74, 6) is 1.07. The summed E-state index contributed by atoms with van der Waals surface area (Å²) in [6.45, 7) is 0. The largest absolute Gasteiger partial charge is 0.481 e. The molecule has 0 unspecified atom stereocenters. The molecule has 4 heteroatoms. The van der Waals surface area contributed by atoms with E-state index in [0.717, 1.165) is 18.5 Å². The summed E-state index contributed by atoms with van der Waals surface area (Å²) >= 11 is 5.98. The first-order chi connectivity index (χ1) is 6.79. The molecule has 1 aliphatic rings. The number of hydrogen-bond acceptors (Lipinski definition) is 3. The average molecular weight is 211 g/mol. The van der Waals surface area contributed by atoms with Crippen molar-refractivity contribution in [3.8, 4) is 5.88 Å². The third kappa shape index (κ3) is 2.23. The zero-order valence-electron chi connectivity index (χ0n) is 7.90. The van der Waals surface area contributed by atoms with Crippen LogP contribution in [-0.2, 0) is 0 Å². The first-order valence-corrected chi connectivity index (χ1v) is 4.91. The van der Waals surface area contributed by atoms with Gasteiger partial charge in [0.15, 0.2) is 0 Å². The molecular formula is C10H11ClN2O. The number of aliphatic imine (C=N–C) groups is 1. The molecule has 0 amide bonds. The van der Waals surface area contributed by atoms with Crippen molar-refractivity contribution in [3.05, 3.63) is 18.3 Å². The van der Waals surface area contributed by atoms with Gasteiger partial charge in [-0.1, -0.05) is 11.6 Å². The van der Waals surface area contributed by atoms with Gasteiger partial charge in [-0.3, -0.25) is 0 Å². The molecule has 1 aliphatic carbocycles. The van der Waals surface area contributed by atoms with Crippen molar-refractivity contribution in [3.63, 3.8) is 0 Å². The first kappa shape index (κ1) is 9.46. The van der Waals surface area contributed by atoms with Crippen LogP contribution in [0.3, 0.4) is 0 Å². The lowest BCUT2D eigenvalue weighted by atomic mass is 10.4. The van der Waals surface area contributed by atoms with Crippen LogP contribution in [0.15, 0.2) is 23.3 Å². The summed E-state index contributed by atoms with van der Waals surface area (Å²) in [5, 5.41) is 0.692. The Morgan fingerprint density at radius 1 is 1.57 bits per heavy atom. The molecule has 2 rings (SSSR count). The van der Waals surface area contributed by atoms with E-state index in [9.17, 15) is 0 Å². The van der Waals surface area contributed by atoms with Gasteiger partial charge in [0.05, 0.1) is 19.0 Å². The highest BCUT2D eigenvalue weighted by atomic mass is 35.5. The molecule has 3 nitrogen and oxygen atoms in total. The van der Waals surface area contributed by atoms with Crippen LogP contribution in [0, 0.1) is 5.92 Å². The molecule has 0 aliphatic heterocycles. The predicted octanol–water partition coefficient (Wildman–Crippen LogP) is 2.77. The second-order valence-electron chi connectivity index (χ2n) is 3.27. The molecule has 0 spiro atoms. The standard InChI is InChI=1S/C10H11ClN2O/c1-14-9-5-4-8(6-12-9)13-10(11)7-2-3-7/h4-7H,2-3H2,1H3. The lowest BCUT2D eigenvalue weighted by molar-refractivity contribution is 0.398. The van der Waals surface area contributed by atoms with Crippen molar-refractivity contribution in [2.45, 2.75) is 12.8 Å². The van der Waals surface area contributed by atoms with Crippen molar-refractivity contribution in [2.75, 3.05) is 7.11 Å². The Hall–Kier alpha value is -1.09. The van der Waals surface area contributed by atoms with E-state index in [0.29, 0.717) is 17.0 Å². The molecule has 1 aromatic rings. The van der Waals surface area contributed by atoms with E-state index < -0.39 is 0 Å². The molecule has 0 N–H and O–H groups in total. The fraction of sp³-hybridized carbons (Fsp3) is 0.400. The zero-order valence-corrected chi connectivity index (χ0v) is 8.66. The van der Waals surface area contributed by atoms with E-state index in [1.54, 1.807) is 19.4 Å². The Morgan fingerprint density at radius 2 is 2.36 bits per heavy atom. The van der Waals surface area contributed by atoms with E-state index in [1.807, 2.05) is 6.07 Å². The molecule has 1 saturated carbocycles. The van der Waals surface area contributed by atoms with Gasteiger partial charge in [-0.2, -0.15) is 0 Å². The van der Waals surface area contributed by atoms with Crippen molar-refractivity contribution >= 4 is 22.5 Å². The van der Waals surface area contributed by atoms with Gasteiger partial charge in [0.1, 0.15) is 5.17 Å². The number of pyridine rings is 1. The highest BCUT2D eigenvalue weighted by Gasteiger charge is 2.26. The van der Waals surface area contributed by atoms with Gasteiger partial charge < -0.3 is 4.74 Å². The van der Waals surface area contributed by atoms with Crippen LogP contribution in [-0.4, -0.2) is 17.3 Å². The summed E-state index contributed by atoms with van der Waals surface area (Å²) in [4.78, 5) is 8.30. The second-order valence-corrected chi connectivity index (χ2v) is 3.65. The van der Waals surface area contributed by atoms with Crippen molar-refractivity contribution in [2.24, 2.45) is 10.9 Å². The number of ether oxygens (including phenoxy) is 1. The first-order valence-electron chi connectivity index (χ1n) is 4.53. The Labute approximate surface area is 87.8 Å². The minimum absolute atomic E-state index is 0.485. The summed E-state index contributed by atoms with van der Waals surface area (Å²) in [6.07, 6.45) is 3.97. The molecular weight excluding hydrogens is 200 g/mol. The van der Waals surface area contributed by atoms with Crippen LogP contribution in [0.2, 0.25) is 0 Å². The zero-order chi connectivity index (χ0) is 9.97. The molecule has 74 valence electrons. The maximum absolute atomic E-state index is 5.98. The number of halogens is 1.